The van der Waals surface area contributed by atoms with E-state index in [9.17, 15) is 9.18 Å². The third-order valence-corrected chi connectivity index (χ3v) is 3.69. The van der Waals surface area contributed by atoms with E-state index in [1.54, 1.807) is 25.1 Å². The zero-order chi connectivity index (χ0) is 16.2. The lowest BCUT2D eigenvalue weighted by Gasteiger charge is -2.16. The first-order chi connectivity index (χ1) is 11.1. The molecule has 3 rings (SSSR count). The Hall–Kier alpha value is -2.88. The van der Waals surface area contributed by atoms with E-state index in [4.69, 9.17) is 0 Å². The highest BCUT2D eigenvalue weighted by atomic mass is 19.1. The van der Waals surface area contributed by atoms with Crippen molar-refractivity contribution in [3.05, 3.63) is 72.5 Å². The highest BCUT2D eigenvalue weighted by molar-refractivity contribution is 6.04. The maximum atomic E-state index is 13.7. The van der Waals surface area contributed by atoms with Gasteiger partial charge in [0, 0.05) is 11.1 Å². The second-order valence-electron chi connectivity index (χ2n) is 5.36. The van der Waals surface area contributed by atoms with Gasteiger partial charge in [-0.25, -0.2) is 4.39 Å². The van der Waals surface area contributed by atoms with Gasteiger partial charge in [0.1, 0.15) is 11.9 Å². The van der Waals surface area contributed by atoms with Gasteiger partial charge in [-0.2, -0.15) is 0 Å². The number of para-hydroxylation sites is 1. The average Bonchev–Trinajstić information content (AvgIpc) is 2.57. The lowest BCUT2D eigenvalue weighted by atomic mass is 10.1. The molecule has 0 aliphatic heterocycles. The molecule has 23 heavy (non-hydrogen) atoms. The summed E-state index contributed by atoms with van der Waals surface area (Å²) in [7, 11) is 0. The van der Waals surface area contributed by atoms with E-state index in [1.807, 2.05) is 42.5 Å². The number of rotatable bonds is 4. The highest BCUT2D eigenvalue weighted by Gasteiger charge is 2.15. The number of hydrogen-bond acceptors (Lipinski definition) is 2. The lowest BCUT2D eigenvalue weighted by Crippen LogP contribution is -2.32. The van der Waals surface area contributed by atoms with Gasteiger partial charge in [0.2, 0.25) is 5.91 Å². The molecule has 0 radical (unpaired) electrons. The van der Waals surface area contributed by atoms with E-state index < -0.39 is 6.04 Å². The van der Waals surface area contributed by atoms with Crippen LogP contribution < -0.4 is 10.6 Å². The first-order valence-electron chi connectivity index (χ1n) is 7.45. The molecule has 0 aliphatic carbocycles. The second kappa shape index (κ2) is 6.48. The molecule has 0 saturated heterocycles. The van der Waals surface area contributed by atoms with Crippen LogP contribution in [0, 0.1) is 5.82 Å². The third kappa shape index (κ3) is 3.31. The fourth-order valence-electron chi connectivity index (χ4n) is 2.45. The topological polar surface area (TPSA) is 41.1 Å². The average molecular weight is 308 g/mol. The van der Waals surface area contributed by atoms with Crippen molar-refractivity contribution < 1.29 is 9.18 Å². The largest absolute Gasteiger partial charge is 0.372 e. The summed E-state index contributed by atoms with van der Waals surface area (Å²) < 4.78 is 13.7. The Kier molecular flexibility index (Phi) is 4.24. The molecular weight excluding hydrogens is 291 g/mol. The van der Waals surface area contributed by atoms with Crippen LogP contribution in [-0.4, -0.2) is 11.9 Å². The summed E-state index contributed by atoms with van der Waals surface area (Å²) in [6.07, 6.45) is 0. The number of hydrogen-bond donors (Lipinski definition) is 2. The van der Waals surface area contributed by atoms with E-state index in [1.165, 1.54) is 6.07 Å². The second-order valence-corrected chi connectivity index (χ2v) is 5.36. The van der Waals surface area contributed by atoms with Crippen LogP contribution in [0.3, 0.4) is 0 Å². The molecule has 0 aliphatic rings. The minimum Gasteiger partial charge on any atom is -0.372 e. The van der Waals surface area contributed by atoms with E-state index >= 15 is 0 Å². The molecule has 3 aromatic rings. The summed E-state index contributed by atoms with van der Waals surface area (Å²) in [4.78, 5) is 12.4. The molecule has 0 heterocycles. The summed E-state index contributed by atoms with van der Waals surface area (Å²) in [6, 6.07) is 19.3. The fourth-order valence-corrected chi connectivity index (χ4v) is 2.45. The van der Waals surface area contributed by atoms with Gasteiger partial charge in [0.05, 0.1) is 5.69 Å². The van der Waals surface area contributed by atoms with Crippen molar-refractivity contribution in [2.75, 3.05) is 10.6 Å². The Balaban J connectivity index is 1.77. The fraction of sp³-hybridized carbons (Fsp3) is 0.105. The van der Waals surface area contributed by atoms with Crippen LogP contribution in [0.25, 0.3) is 10.8 Å². The van der Waals surface area contributed by atoms with Crippen molar-refractivity contribution >= 4 is 28.1 Å². The zero-order valence-electron chi connectivity index (χ0n) is 12.7. The lowest BCUT2D eigenvalue weighted by molar-refractivity contribution is -0.116. The van der Waals surface area contributed by atoms with E-state index in [0.717, 1.165) is 16.5 Å². The maximum Gasteiger partial charge on any atom is 0.246 e. The van der Waals surface area contributed by atoms with E-state index in [2.05, 4.69) is 10.6 Å². The molecule has 0 bridgehead atoms. The van der Waals surface area contributed by atoms with Gasteiger partial charge >= 0.3 is 0 Å². The first-order valence-corrected chi connectivity index (χ1v) is 7.45. The number of carbonyl (C=O) groups is 1. The summed E-state index contributed by atoms with van der Waals surface area (Å²) in [6.45, 7) is 1.70. The van der Waals surface area contributed by atoms with Crippen molar-refractivity contribution in [1.82, 2.24) is 0 Å². The van der Waals surface area contributed by atoms with Crippen molar-refractivity contribution in [1.29, 1.82) is 0 Å². The first kappa shape index (κ1) is 15.0. The molecule has 2 N–H and O–H groups in total. The van der Waals surface area contributed by atoms with Crippen LogP contribution in [-0.2, 0) is 4.79 Å². The van der Waals surface area contributed by atoms with Crippen molar-refractivity contribution in [2.24, 2.45) is 0 Å². The maximum absolute atomic E-state index is 13.7. The number of benzene rings is 3. The van der Waals surface area contributed by atoms with Crippen LogP contribution >= 0.6 is 0 Å². The van der Waals surface area contributed by atoms with Crippen LogP contribution in [0.15, 0.2) is 66.7 Å². The molecule has 0 spiro atoms. The highest BCUT2D eigenvalue weighted by Crippen LogP contribution is 2.23. The minimum absolute atomic E-state index is 0.218. The Morgan fingerprint density at radius 3 is 2.39 bits per heavy atom. The molecule has 1 amide bonds. The molecule has 0 unspecified atom stereocenters. The van der Waals surface area contributed by atoms with Crippen molar-refractivity contribution in [2.45, 2.75) is 13.0 Å². The minimum atomic E-state index is -0.564. The molecule has 4 heteroatoms. The van der Waals surface area contributed by atoms with Crippen LogP contribution in [0.1, 0.15) is 6.92 Å². The number of carbonyl (C=O) groups excluding carboxylic acids is 1. The quantitative estimate of drug-likeness (QED) is 0.749. The molecule has 3 aromatic carbocycles. The Bertz CT molecular complexity index is 842. The van der Waals surface area contributed by atoms with E-state index in [0.29, 0.717) is 5.69 Å². The number of nitrogens with one attached hydrogen (secondary N) is 2. The zero-order valence-corrected chi connectivity index (χ0v) is 12.7. The predicted octanol–water partition coefficient (Wildman–Crippen LogP) is 4.42. The molecule has 0 fully saturated rings. The summed E-state index contributed by atoms with van der Waals surface area (Å²) in [5, 5.41) is 7.82. The standard InChI is InChI=1S/C19H17FN2O/c1-13(21-18-11-5-4-10-16(18)20)19(23)22-17-12-6-8-14-7-2-3-9-15(14)17/h2-13,21H,1H3,(H,22,23)/t13-/m0/s1. The van der Waals surface area contributed by atoms with Crippen LogP contribution in [0.4, 0.5) is 15.8 Å². The molecule has 3 nitrogen and oxygen atoms in total. The molecule has 0 saturated carbocycles. The SMILES string of the molecule is C[C@H](Nc1ccccc1F)C(=O)Nc1cccc2ccccc12. The molecule has 0 aromatic heterocycles. The predicted molar refractivity (Wildman–Crippen MR) is 92.1 cm³/mol. The van der Waals surface area contributed by atoms with Crippen molar-refractivity contribution in [3.8, 4) is 0 Å². The van der Waals surface area contributed by atoms with Crippen LogP contribution in [0.5, 0.6) is 0 Å². The Morgan fingerprint density at radius 1 is 0.913 bits per heavy atom. The van der Waals surface area contributed by atoms with Gasteiger partial charge in [0.25, 0.3) is 0 Å². The molecule has 1 atom stereocenters. The van der Waals surface area contributed by atoms with Gasteiger partial charge in [-0.15, -0.1) is 0 Å². The van der Waals surface area contributed by atoms with Gasteiger partial charge in [-0.05, 0) is 30.5 Å². The third-order valence-electron chi connectivity index (χ3n) is 3.69. The summed E-state index contributed by atoms with van der Waals surface area (Å²) >= 11 is 0. The molecular formula is C19H17FN2O. The monoisotopic (exact) mass is 308 g/mol. The number of fused-ring (bicyclic) bond motifs is 1. The Morgan fingerprint density at radius 2 is 1.57 bits per heavy atom. The molecule has 116 valence electrons. The van der Waals surface area contributed by atoms with Gasteiger partial charge in [-0.1, -0.05) is 48.5 Å². The number of halogens is 1. The number of amides is 1. The van der Waals surface area contributed by atoms with Gasteiger partial charge in [-0.3, -0.25) is 4.79 Å². The normalized spacial score (nSPS) is 11.9. The smallest absolute Gasteiger partial charge is 0.246 e. The van der Waals surface area contributed by atoms with Crippen LogP contribution in [0.2, 0.25) is 0 Å². The van der Waals surface area contributed by atoms with Gasteiger partial charge < -0.3 is 10.6 Å². The Labute approximate surface area is 134 Å². The van der Waals surface area contributed by atoms with E-state index in [-0.39, 0.29) is 11.7 Å². The number of anilines is 2. The summed E-state index contributed by atoms with van der Waals surface area (Å²) in [5.41, 5.74) is 1.06. The van der Waals surface area contributed by atoms with Gasteiger partial charge in [0.15, 0.2) is 0 Å². The van der Waals surface area contributed by atoms with Crippen molar-refractivity contribution in [3.63, 3.8) is 0 Å². The summed E-state index contributed by atoms with van der Waals surface area (Å²) in [5.74, 6) is -0.595.